The summed E-state index contributed by atoms with van der Waals surface area (Å²) in [6, 6.07) is 2.68. The van der Waals surface area contributed by atoms with Crippen LogP contribution in [0.5, 0.6) is 5.88 Å². The molecule has 0 aliphatic heterocycles. The van der Waals surface area contributed by atoms with Gasteiger partial charge in [-0.1, -0.05) is 0 Å². The summed E-state index contributed by atoms with van der Waals surface area (Å²) < 4.78 is 42.4. The van der Waals surface area contributed by atoms with Crippen molar-refractivity contribution in [1.29, 1.82) is 0 Å². The standard InChI is InChI=1S/C13H19F3N2O2S/c1-12(2,3)18-7-9(19)8-20-11-10(5-4-6-17-11)21-13(14,15)16/h4-6,9,18-19H,7-8H2,1-3H3/t9-/m0/s1. The molecule has 1 atom stereocenters. The van der Waals surface area contributed by atoms with Crippen molar-refractivity contribution in [3.63, 3.8) is 0 Å². The second-order valence-corrected chi connectivity index (χ2v) is 6.56. The van der Waals surface area contributed by atoms with Gasteiger partial charge in [0, 0.05) is 18.3 Å². The zero-order valence-corrected chi connectivity index (χ0v) is 12.9. The van der Waals surface area contributed by atoms with Crippen LogP contribution < -0.4 is 10.1 Å². The van der Waals surface area contributed by atoms with E-state index in [2.05, 4.69) is 10.3 Å². The number of aliphatic hydroxyl groups excluding tert-OH is 1. The maximum atomic E-state index is 12.4. The van der Waals surface area contributed by atoms with Crippen molar-refractivity contribution >= 4 is 11.8 Å². The fourth-order valence-electron chi connectivity index (χ4n) is 1.34. The maximum Gasteiger partial charge on any atom is 0.446 e. The van der Waals surface area contributed by atoms with Crippen LogP contribution in [0, 0.1) is 0 Å². The van der Waals surface area contributed by atoms with Gasteiger partial charge in [-0.15, -0.1) is 0 Å². The number of aromatic nitrogens is 1. The maximum absolute atomic E-state index is 12.4. The van der Waals surface area contributed by atoms with Crippen molar-refractivity contribution in [2.24, 2.45) is 0 Å². The van der Waals surface area contributed by atoms with Gasteiger partial charge in [0.25, 0.3) is 0 Å². The van der Waals surface area contributed by atoms with E-state index in [1.165, 1.54) is 18.3 Å². The number of pyridine rings is 1. The smallest absolute Gasteiger partial charge is 0.446 e. The molecule has 1 aromatic rings. The van der Waals surface area contributed by atoms with E-state index in [1.54, 1.807) is 0 Å². The SMILES string of the molecule is CC(C)(C)NC[C@H](O)COc1ncccc1SC(F)(F)F. The molecular formula is C13H19F3N2O2S. The van der Waals surface area contributed by atoms with E-state index in [1.807, 2.05) is 20.8 Å². The van der Waals surface area contributed by atoms with E-state index in [9.17, 15) is 18.3 Å². The molecule has 0 aromatic carbocycles. The van der Waals surface area contributed by atoms with Crippen LogP contribution in [0.2, 0.25) is 0 Å². The predicted octanol–water partition coefficient (Wildman–Crippen LogP) is 2.82. The average molecular weight is 324 g/mol. The van der Waals surface area contributed by atoms with Gasteiger partial charge in [0.1, 0.15) is 12.7 Å². The number of ether oxygens (including phenoxy) is 1. The molecule has 1 aromatic heterocycles. The highest BCUT2D eigenvalue weighted by molar-refractivity contribution is 8.00. The first-order chi connectivity index (χ1) is 9.57. The lowest BCUT2D eigenvalue weighted by Gasteiger charge is -2.23. The summed E-state index contributed by atoms with van der Waals surface area (Å²) in [5, 5.41) is 12.8. The first kappa shape index (κ1) is 18.1. The number of halogens is 3. The van der Waals surface area contributed by atoms with Crippen LogP contribution in [0.3, 0.4) is 0 Å². The van der Waals surface area contributed by atoms with Crippen LogP contribution in [0.25, 0.3) is 0 Å². The summed E-state index contributed by atoms with van der Waals surface area (Å²) >= 11 is -0.288. The second-order valence-electron chi connectivity index (χ2n) is 5.45. The summed E-state index contributed by atoms with van der Waals surface area (Å²) in [5.74, 6) is -0.130. The summed E-state index contributed by atoms with van der Waals surface area (Å²) in [7, 11) is 0. The second kappa shape index (κ2) is 7.33. The van der Waals surface area contributed by atoms with Crippen LogP contribution >= 0.6 is 11.8 Å². The van der Waals surface area contributed by atoms with Gasteiger partial charge in [0.2, 0.25) is 5.88 Å². The lowest BCUT2D eigenvalue weighted by Crippen LogP contribution is -2.42. The molecule has 0 radical (unpaired) electrons. The van der Waals surface area contributed by atoms with Gasteiger partial charge in [0.15, 0.2) is 0 Å². The largest absolute Gasteiger partial charge is 0.474 e. The Morgan fingerprint density at radius 1 is 1.38 bits per heavy atom. The Morgan fingerprint density at radius 3 is 2.62 bits per heavy atom. The highest BCUT2D eigenvalue weighted by atomic mass is 32.2. The quantitative estimate of drug-likeness (QED) is 0.788. The van der Waals surface area contributed by atoms with Crippen LogP contribution in [0.15, 0.2) is 23.2 Å². The normalized spacial score (nSPS) is 14.0. The van der Waals surface area contributed by atoms with E-state index in [-0.39, 0.29) is 41.2 Å². The Labute approximate surface area is 126 Å². The van der Waals surface area contributed by atoms with E-state index < -0.39 is 11.6 Å². The van der Waals surface area contributed by atoms with Crippen LogP contribution in [-0.2, 0) is 0 Å². The van der Waals surface area contributed by atoms with E-state index in [4.69, 9.17) is 4.74 Å². The molecule has 0 fully saturated rings. The molecule has 8 heteroatoms. The first-order valence-corrected chi connectivity index (χ1v) is 7.15. The third-order valence-corrected chi connectivity index (χ3v) is 3.00. The minimum Gasteiger partial charge on any atom is -0.474 e. The Bertz CT molecular complexity index is 450. The highest BCUT2D eigenvalue weighted by Crippen LogP contribution is 2.40. The molecule has 1 rings (SSSR count). The molecule has 120 valence electrons. The Kier molecular flexibility index (Phi) is 6.30. The van der Waals surface area contributed by atoms with Gasteiger partial charge in [-0.05, 0) is 44.7 Å². The summed E-state index contributed by atoms with van der Waals surface area (Å²) in [5.41, 5.74) is -4.57. The molecule has 0 aliphatic carbocycles. The van der Waals surface area contributed by atoms with Gasteiger partial charge >= 0.3 is 5.51 Å². The van der Waals surface area contributed by atoms with Crippen molar-refractivity contribution < 1.29 is 23.0 Å². The molecule has 0 saturated heterocycles. The van der Waals surface area contributed by atoms with Crippen molar-refractivity contribution in [2.75, 3.05) is 13.2 Å². The number of thioether (sulfide) groups is 1. The average Bonchev–Trinajstić information content (AvgIpc) is 2.32. The zero-order chi connectivity index (χ0) is 16.1. The highest BCUT2D eigenvalue weighted by Gasteiger charge is 2.31. The molecule has 0 spiro atoms. The number of aliphatic hydroxyl groups is 1. The zero-order valence-electron chi connectivity index (χ0n) is 12.1. The fourth-order valence-corrected chi connectivity index (χ4v) is 1.94. The molecule has 0 bridgehead atoms. The number of nitrogens with zero attached hydrogens (tertiary/aromatic N) is 1. The fraction of sp³-hybridized carbons (Fsp3) is 0.615. The lowest BCUT2D eigenvalue weighted by molar-refractivity contribution is -0.0329. The van der Waals surface area contributed by atoms with Crippen molar-refractivity contribution in [2.45, 2.75) is 42.8 Å². The van der Waals surface area contributed by atoms with Crippen LogP contribution in [0.4, 0.5) is 13.2 Å². The molecule has 4 nitrogen and oxygen atoms in total. The Balaban J connectivity index is 2.55. The lowest BCUT2D eigenvalue weighted by atomic mass is 10.1. The Morgan fingerprint density at radius 2 is 2.05 bits per heavy atom. The van der Waals surface area contributed by atoms with E-state index in [0.717, 1.165) is 0 Å². The monoisotopic (exact) mass is 324 g/mol. The predicted molar refractivity (Wildman–Crippen MR) is 75.4 cm³/mol. The van der Waals surface area contributed by atoms with E-state index in [0.29, 0.717) is 0 Å². The third-order valence-electron chi connectivity index (χ3n) is 2.24. The van der Waals surface area contributed by atoms with Gasteiger partial charge < -0.3 is 15.2 Å². The molecule has 0 saturated carbocycles. The van der Waals surface area contributed by atoms with Gasteiger partial charge in [-0.3, -0.25) is 0 Å². The van der Waals surface area contributed by atoms with Gasteiger partial charge in [0.05, 0.1) is 4.90 Å². The molecule has 21 heavy (non-hydrogen) atoms. The van der Waals surface area contributed by atoms with Crippen molar-refractivity contribution in [3.05, 3.63) is 18.3 Å². The number of nitrogens with one attached hydrogen (secondary N) is 1. The third kappa shape index (κ3) is 8.13. The summed E-state index contributed by atoms with van der Waals surface area (Å²) in [6.07, 6.45) is 0.505. The minimum atomic E-state index is -4.41. The summed E-state index contributed by atoms with van der Waals surface area (Å²) in [6.45, 7) is 5.97. The number of rotatable bonds is 6. The van der Waals surface area contributed by atoms with Crippen molar-refractivity contribution in [3.8, 4) is 5.88 Å². The molecule has 1 heterocycles. The molecular weight excluding hydrogens is 305 g/mol. The number of β-amino-alcohol motifs (C(OH)–C–C–N with tert-alkyl or cyclic N) is 1. The van der Waals surface area contributed by atoms with Crippen molar-refractivity contribution in [1.82, 2.24) is 10.3 Å². The molecule has 0 unspecified atom stereocenters. The van der Waals surface area contributed by atoms with E-state index >= 15 is 0 Å². The minimum absolute atomic E-state index is 0.124. The number of hydrogen-bond donors (Lipinski definition) is 2. The van der Waals surface area contributed by atoms with Gasteiger partial charge in [-0.25, -0.2) is 4.98 Å². The number of alkyl halides is 3. The van der Waals surface area contributed by atoms with Crippen LogP contribution in [-0.4, -0.2) is 40.4 Å². The Hall–Kier alpha value is -0.990. The number of hydrogen-bond acceptors (Lipinski definition) is 5. The topological polar surface area (TPSA) is 54.4 Å². The molecule has 0 aliphatic rings. The molecule has 2 N–H and O–H groups in total. The molecule has 0 amide bonds. The van der Waals surface area contributed by atoms with Gasteiger partial charge in [-0.2, -0.15) is 13.2 Å². The summed E-state index contributed by atoms with van der Waals surface area (Å²) in [4.78, 5) is 3.65. The first-order valence-electron chi connectivity index (χ1n) is 6.33. The van der Waals surface area contributed by atoms with Crippen LogP contribution in [0.1, 0.15) is 20.8 Å².